The Morgan fingerprint density at radius 3 is 1.51 bits per heavy atom. The number of aromatic nitrogens is 4. The normalized spacial score (nSPS) is 17.9. The van der Waals surface area contributed by atoms with Gasteiger partial charge in [0, 0.05) is 98.3 Å². The van der Waals surface area contributed by atoms with Crippen molar-refractivity contribution in [1.29, 1.82) is 0 Å². The highest BCUT2D eigenvalue weighted by atomic mass is 19.1. The second-order valence-electron chi connectivity index (χ2n) is 19.2. The van der Waals surface area contributed by atoms with Crippen LogP contribution in [0, 0.1) is 5.95 Å². The van der Waals surface area contributed by atoms with Crippen LogP contribution in [0.15, 0.2) is 85.5 Å². The molecule has 17 heteroatoms. The Labute approximate surface area is 419 Å². The Kier molecular flexibility index (Phi) is 14.1. The molecular formula is C55H62FN9O7. The predicted octanol–water partition coefficient (Wildman–Crippen LogP) is 8.78. The summed E-state index contributed by atoms with van der Waals surface area (Å²) in [5.41, 5.74) is 7.48. The van der Waals surface area contributed by atoms with Crippen LogP contribution >= 0.6 is 0 Å². The first-order valence-electron chi connectivity index (χ1n) is 24.5. The van der Waals surface area contributed by atoms with Gasteiger partial charge in [0.15, 0.2) is 0 Å². The quantitative estimate of drug-likeness (QED) is 0.111. The summed E-state index contributed by atoms with van der Waals surface area (Å²) in [5, 5.41) is 1.86. The van der Waals surface area contributed by atoms with E-state index < -0.39 is 16.8 Å². The number of hydrogen-bond donors (Lipinski definition) is 0. The molecule has 0 N–H and O–H groups in total. The van der Waals surface area contributed by atoms with E-state index in [4.69, 9.17) is 14.2 Å². The van der Waals surface area contributed by atoms with Crippen molar-refractivity contribution in [3.63, 3.8) is 0 Å². The molecule has 0 unspecified atom stereocenters. The first-order chi connectivity index (χ1) is 34.4. The molecule has 376 valence electrons. The molecule has 3 fully saturated rings. The van der Waals surface area contributed by atoms with Crippen molar-refractivity contribution < 1.29 is 37.8 Å². The minimum absolute atomic E-state index is 0. The van der Waals surface area contributed by atoms with Gasteiger partial charge in [-0.2, -0.15) is 4.39 Å². The average Bonchev–Trinajstić information content (AvgIpc) is 3.75. The van der Waals surface area contributed by atoms with Crippen LogP contribution in [0.5, 0.6) is 5.88 Å². The van der Waals surface area contributed by atoms with Gasteiger partial charge in [-0.15, -0.1) is 0 Å². The molecule has 2 aromatic carbocycles. The number of halogens is 1. The summed E-state index contributed by atoms with van der Waals surface area (Å²) in [6, 6.07) is 19.0. The lowest BCUT2D eigenvalue weighted by Gasteiger charge is -2.38. The van der Waals surface area contributed by atoms with Crippen molar-refractivity contribution in [2.24, 2.45) is 0 Å². The van der Waals surface area contributed by atoms with Crippen molar-refractivity contribution in [2.75, 3.05) is 90.5 Å². The maximum Gasteiger partial charge on any atom is 0.409 e. The van der Waals surface area contributed by atoms with Crippen LogP contribution in [0.2, 0.25) is 0 Å². The summed E-state index contributed by atoms with van der Waals surface area (Å²) in [7, 11) is 6.34. The second-order valence-corrected chi connectivity index (χ2v) is 19.2. The van der Waals surface area contributed by atoms with E-state index in [1.807, 2.05) is 55.7 Å². The van der Waals surface area contributed by atoms with Crippen LogP contribution in [0.25, 0.3) is 44.1 Å². The number of likely N-dealkylation sites (N-methyl/N-ethyl adjacent to an activating group) is 2. The Bertz CT molecular complexity index is 3000. The highest BCUT2D eigenvalue weighted by Gasteiger charge is 2.54. The monoisotopic (exact) mass is 979 g/mol. The van der Waals surface area contributed by atoms with E-state index in [2.05, 4.69) is 30.9 Å². The third kappa shape index (κ3) is 8.92. The van der Waals surface area contributed by atoms with Crippen molar-refractivity contribution in [3.8, 4) is 28.1 Å². The minimum atomic E-state index is -0.713. The van der Waals surface area contributed by atoms with Crippen LogP contribution in [-0.4, -0.2) is 139 Å². The molecule has 72 heavy (non-hydrogen) atoms. The third-order valence-electron chi connectivity index (χ3n) is 15.4. The Hall–Kier alpha value is -7.27. The number of anilines is 2. The summed E-state index contributed by atoms with van der Waals surface area (Å²) >= 11 is 0. The molecule has 3 saturated heterocycles. The number of pyridine rings is 4. The standard InChI is InChI=1S/C31H37N5O4.C23H21FN4O3.CH4/c1-34-26-21-32-25-9-7-22(23-8-10-27(33-20-23)40-18-6-15-35-13-4-3-5-14-35)19-24(25)28(26)31(29(34)37)11-16-36(17-12-31)30(38)39-2;1-27-18-13-25-17-5-3-14(15-4-6-19(24)26-12-15)11-16(17)20(18)23(21(27)29)7-9-28(10-8-23)22(30)31-2;/h7-10,19-21H,3-6,11-18H2,1-2H3;3-6,11-13H,7-10H2,1-2H3;1H4. The number of fused-ring (bicyclic) bond motifs is 8. The molecule has 0 aliphatic carbocycles. The van der Waals surface area contributed by atoms with E-state index in [9.17, 15) is 23.6 Å². The molecule has 0 saturated carbocycles. The summed E-state index contributed by atoms with van der Waals surface area (Å²) in [5.74, 6) is 0.190. The van der Waals surface area contributed by atoms with Gasteiger partial charge < -0.3 is 38.7 Å². The number of hydrogen-bond acceptors (Lipinski definition) is 12. The van der Waals surface area contributed by atoms with E-state index >= 15 is 0 Å². The van der Waals surface area contributed by atoms with Crippen LogP contribution in [0.1, 0.15) is 69.9 Å². The number of methoxy groups -OCH3 is 2. The van der Waals surface area contributed by atoms with E-state index in [-0.39, 0.29) is 31.4 Å². The maximum atomic E-state index is 13.7. The van der Waals surface area contributed by atoms with Gasteiger partial charge in [-0.25, -0.2) is 19.6 Å². The molecule has 0 atom stereocenters. The zero-order chi connectivity index (χ0) is 49.4. The lowest BCUT2D eigenvalue weighted by molar-refractivity contribution is -0.125. The topological polar surface area (TPSA) is 164 Å². The van der Waals surface area contributed by atoms with Gasteiger partial charge >= 0.3 is 12.2 Å². The lowest BCUT2D eigenvalue weighted by atomic mass is 9.72. The average molecular weight is 980 g/mol. The predicted molar refractivity (Wildman–Crippen MR) is 274 cm³/mol. The fourth-order valence-corrected chi connectivity index (χ4v) is 11.5. The highest BCUT2D eigenvalue weighted by Crippen LogP contribution is 2.52. The molecule has 5 aliphatic heterocycles. The van der Waals surface area contributed by atoms with Crippen LogP contribution in [-0.2, 0) is 29.9 Å². The molecule has 2 spiro atoms. The van der Waals surface area contributed by atoms with E-state index in [1.165, 1.54) is 58.8 Å². The number of piperidine rings is 3. The Balaban J connectivity index is 0.000000181. The fourth-order valence-electron chi connectivity index (χ4n) is 11.5. The molecule has 11 rings (SSSR count). The number of nitrogens with zero attached hydrogens (tertiary/aromatic N) is 9. The number of benzene rings is 2. The minimum Gasteiger partial charge on any atom is -0.478 e. The van der Waals surface area contributed by atoms with Gasteiger partial charge in [0.2, 0.25) is 23.6 Å². The summed E-state index contributed by atoms with van der Waals surface area (Å²) in [4.78, 5) is 78.0. The van der Waals surface area contributed by atoms with Crippen molar-refractivity contribution in [1.82, 2.24) is 34.6 Å². The lowest BCUT2D eigenvalue weighted by Crippen LogP contribution is -2.49. The molecule has 6 aromatic rings. The second kappa shape index (κ2) is 20.5. The maximum absolute atomic E-state index is 13.7. The Morgan fingerprint density at radius 1 is 0.597 bits per heavy atom. The van der Waals surface area contributed by atoms with E-state index in [1.54, 1.807) is 45.1 Å². The van der Waals surface area contributed by atoms with Gasteiger partial charge in [-0.05, 0) is 112 Å². The number of likely N-dealkylation sites (tertiary alicyclic amines) is 3. The van der Waals surface area contributed by atoms with Crippen molar-refractivity contribution in [2.45, 2.75) is 69.6 Å². The zero-order valence-corrected chi connectivity index (χ0v) is 40.7. The summed E-state index contributed by atoms with van der Waals surface area (Å²) in [6.45, 7) is 5.97. The van der Waals surface area contributed by atoms with Crippen molar-refractivity contribution >= 4 is 57.2 Å². The highest BCUT2D eigenvalue weighted by molar-refractivity contribution is 6.13. The number of rotatable bonds is 7. The number of carbonyl (C=O) groups excluding carboxylic acids is 4. The number of amides is 4. The molecule has 4 aromatic heterocycles. The van der Waals surface area contributed by atoms with Crippen molar-refractivity contribution in [3.05, 3.63) is 103 Å². The van der Waals surface area contributed by atoms with Crippen LogP contribution in [0.4, 0.5) is 25.4 Å². The summed E-state index contributed by atoms with van der Waals surface area (Å²) < 4.78 is 29.0. The van der Waals surface area contributed by atoms with Gasteiger partial charge in [0.1, 0.15) is 0 Å². The molecule has 5 aliphatic rings. The van der Waals surface area contributed by atoms with Crippen LogP contribution in [0.3, 0.4) is 0 Å². The van der Waals surface area contributed by atoms with E-state index in [0.717, 1.165) is 79.5 Å². The SMILES string of the molecule is C.COC(=O)N1CCC2(CC1)C(=O)N(C)c1cnc3ccc(-c4ccc(F)nc4)cc3c12.COC(=O)N1CCC2(CC1)C(=O)N(C)c1cnc3ccc(-c4ccc(OCCCN5CCCCC5)nc4)cc3c12. The third-order valence-corrected chi connectivity index (χ3v) is 15.4. The van der Waals surface area contributed by atoms with Crippen LogP contribution < -0.4 is 14.5 Å². The fraction of sp³-hybridized carbons (Fsp3) is 0.418. The molecule has 9 heterocycles. The first-order valence-corrected chi connectivity index (χ1v) is 24.5. The smallest absolute Gasteiger partial charge is 0.409 e. The van der Waals surface area contributed by atoms with Gasteiger partial charge in [-0.1, -0.05) is 26.0 Å². The first kappa shape index (κ1) is 49.7. The molecular weight excluding hydrogens is 918 g/mol. The summed E-state index contributed by atoms with van der Waals surface area (Å²) in [6.07, 6.45) is 13.2. The molecule has 16 nitrogen and oxygen atoms in total. The van der Waals surface area contributed by atoms with Gasteiger partial charge in [-0.3, -0.25) is 19.6 Å². The van der Waals surface area contributed by atoms with Gasteiger partial charge in [0.05, 0.1) is 66.5 Å². The Morgan fingerprint density at radius 2 is 1.07 bits per heavy atom. The molecule has 0 radical (unpaired) electrons. The molecule has 0 bridgehead atoms. The van der Waals surface area contributed by atoms with Gasteiger partial charge in [0.25, 0.3) is 0 Å². The number of carbonyl (C=O) groups is 4. The largest absolute Gasteiger partial charge is 0.478 e. The number of ether oxygens (including phenoxy) is 3. The molecule has 4 amide bonds. The van der Waals surface area contributed by atoms with E-state index in [0.29, 0.717) is 64.3 Å². The zero-order valence-electron chi connectivity index (χ0n) is 40.7.